The normalized spacial score (nSPS) is 10.2. The van der Waals surface area contributed by atoms with Crippen LogP contribution in [0.4, 0.5) is 0 Å². The number of aliphatic carboxylic acids is 1. The molecule has 0 radical (unpaired) electrons. The van der Waals surface area contributed by atoms with Gasteiger partial charge >= 0.3 is 5.97 Å². The predicted octanol–water partition coefficient (Wildman–Crippen LogP) is 1.27. The van der Waals surface area contributed by atoms with Crippen LogP contribution in [0, 0.1) is 5.41 Å². The van der Waals surface area contributed by atoms with Gasteiger partial charge in [-0.2, -0.15) is 0 Å². The lowest BCUT2D eigenvalue weighted by atomic mass is 10.1. The molecule has 0 saturated carbocycles. The average Bonchev–Trinajstić information content (AvgIpc) is 2.66. The molecule has 8 heteroatoms. The van der Waals surface area contributed by atoms with E-state index in [1.54, 1.807) is 48.5 Å². The number of hydrogen-bond acceptors (Lipinski definition) is 5. The lowest BCUT2D eigenvalue weighted by Gasteiger charge is -2.08. The molecule has 2 aromatic carbocycles. The Labute approximate surface area is 156 Å². The number of nitrogens with two attached hydrogens (primary N) is 1. The largest absolute Gasteiger partial charge is 0.482 e. The Kier molecular flexibility index (Phi) is 7.33. The standard InChI is InChI=1S/C19H21N3O5/c20-19(21)15-5-1-13(2-6-15)9-22-17(23)11-26-10-14-3-7-16(8-4-14)27-12-18(24)25/h1-8H,9-12H2,(H3,20,21)(H,22,23)(H,24,25). The minimum Gasteiger partial charge on any atom is -0.482 e. The zero-order chi connectivity index (χ0) is 19.6. The first kappa shape index (κ1) is 19.9. The Morgan fingerprint density at radius 1 is 1.00 bits per heavy atom. The first-order valence-electron chi connectivity index (χ1n) is 8.15. The smallest absolute Gasteiger partial charge is 0.341 e. The van der Waals surface area contributed by atoms with Crippen molar-refractivity contribution in [3.63, 3.8) is 0 Å². The molecule has 0 aliphatic rings. The second kappa shape index (κ2) is 9.93. The van der Waals surface area contributed by atoms with Crippen molar-refractivity contribution >= 4 is 17.7 Å². The summed E-state index contributed by atoms with van der Waals surface area (Å²) in [6, 6.07) is 13.8. The van der Waals surface area contributed by atoms with Gasteiger partial charge in [-0.3, -0.25) is 10.2 Å². The van der Waals surface area contributed by atoms with E-state index >= 15 is 0 Å². The molecule has 5 N–H and O–H groups in total. The maximum Gasteiger partial charge on any atom is 0.341 e. The number of hydrogen-bond donors (Lipinski definition) is 4. The number of ether oxygens (including phenoxy) is 2. The molecule has 27 heavy (non-hydrogen) atoms. The number of amides is 1. The first-order chi connectivity index (χ1) is 12.9. The molecule has 0 saturated heterocycles. The number of nitrogen functional groups attached to an aromatic ring is 1. The van der Waals surface area contributed by atoms with Gasteiger partial charge in [0.25, 0.3) is 0 Å². The molecule has 0 heterocycles. The van der Waals surface area contributed by atoms with E-state index in [2.05, 4.69) is 5.32 Å². The fraction of sp³-hybridized carbons (Fsp3) is 0.211. The highest BCUT2D eigenvalue weighted by Crippen LogP contribution is 2.12. The van der Waals surface area contributed by atoms with Crippen LogP contribution >= 0.6 is 0 Å². The van der Waals surface area contributed by atoms with Crippen molar-refractivity contribution in [1.82, 2.24) is 5.32 Å². The van der Waals surface area contributed by atoms with Crippen LogP contribution in [0.25, 0.3) is 0 Å². The van der Waals surface area contributed by atoms with Gasteiger partial charge in [0.15, 0.2) is 6.61 Å². The lowest BCUT2D eigenvalue weighted by molar-refractivity contribution is -0.139. The van der Waals surface area contributed by atoms with Crippen LogP contribution in [0.5, 0.6) is 5.75 Å². The first-order valence-corrected chi connectivity index (χ1v) is 8.15. The van der Waals surface area contributed by atoms with Crippen molar-refractivity contribution in [2.45, 2.75) is 13.2 Å². The summed E-state index contributed by atoms with van der Waals surface area (Å²) in [6.07, 6.45) is 0. The molecule has 1 amide bonds. The molecule has 0 fully saturated rings. The zero-order valence-corrected chi connectivity index (χ0v) is 14.6. The Hall–Kier alpha value is -3.39. The number of carboxylic acids is 1. The Morgan fingerprint density at radius 2 is 1.63 bits per heavy atom. The second-order valence-electron chi connectivity index (χ2n) is 5.71. The van der Waals surface area contributed by atoms with Crippen LogP contribution in [0.15, 0.2) is 48.5 Å². The molecular weight excluding hydrogens is 350 g/mol. The molecule has 2 aromatic rings. The van der Waals surface area contributed by atoms with E-state index in [-0.39, 0.29) is 25.0 Å². The van der Waals surface area contributed by atoms with Gasteiger partial charge in [0, 0.05) is 12.1 Å². The van der Waals surface area contributed by atoms with Crippen molar-refractivity contribution in [2.75, 3.05) is 13.2 Å². The van der Waals surface area contributed by atoms with Gasteiger partial charge in [-0.15, -0.1) is 0 Å². The summed E-state index contributed by atoms with van der Waals surface area (Å²) in [7, 11) is 0. The summed E-state index contributed by atoms with van der Waals surface area (Å²) in [4.78, 5) is 22.3. The fourth-order valence-corrected chi connectivity index (χ4v) is 2.14. The molecule has 0 spiro atoms. The van der Waals surface area contributed by atoms with E-state index in [1.807, 2.05) is 0 Å². The molecule has 0 aliphatic heterocycles. The van der Waals surface area contributed by atoms with Crippen LogP contribution < -0.4 is 15.8 Å². The highest BCUT2D eigenvalue weighted by atomic mass is 16.5. The predicted molar refractivity (Wildman–Crippen MR) is 98.5 cm³/mol. The number of amidine groups is 1. The van der Waals surface area contributed by atoms with Gasteiger partial charge < -0.3 is 25.6 Å². The topological polar surface area (TPSA) is 135 Å². The molecule has 0 atom stereocenters. The zero-order valence-electron chi connectivity index (χ0n) is 14.6. The van der Waals surface area contributed by atoms with Gasteiger partial charge in [0.05, 0.1) is 6.61 Å². The SMILES string of the molecule is N=C(N)c1ccc(CNC(=O)COCc2ccc(OCC(=O)O)cc2)cc1. The molecule has 0 aromatic heterocycles. The third-order valence-electron chi connectivity index (χ3n) is 3.54. The van der Waals surface area contributed by atoms with Crippen LogP contribution in [-0.2, 0) is 27.5 Å². The lowest BCUT2D eigenvalue weighted by Crippen LogP contribution is -2.27. The number of carbonyl (C=O) groups excluding carboxylic acids is 1. The number of nitrogens with one attached hydrogen (secondary N) is 2. The summed E-state index contributed by atoms with van der Waals surface area (Å²) in [5.41, 5.74) is 7.75. The second-order valence-corrected chi connectivity index (χ2v) is 5.71. The Balaban J connectivity index is 1.68. The van der Waals surface area contributed by atoms with Crippen LogP contribution in [-0.4, -0.2) is 36.0 Å². The molecule has 8 nitrogen and oxygen atoms in total. The summed E-state index contributed by atoms with van der Waals surface area (Å²) in [5.74, 6) is -0.828. The van der Waals surface area contributed by atoms with Crippen molar-refractivity contribution in [1.29, 1.82) is 5.41 Å². The third kappa shape index (κ3) is 7.17. The maximum absolute atomic E-state index is 11.8. The van der Waals surface area contributed by atoms with E-state index < -0.39 is 12.6 Å². The molecular formula is C19H21N3O5. The number of carboxylic acid groups (broad SMARTS) is 1. The van der Waals surface area contributed by atoms with Gasteiger partial charge in [-0.25, -0.2) is 4.79 Å². The summed E-state index contributed by atoms with van der Waals surface area (Å²) < 4.78 is 10.4. The van der Waals surface area contributed by atoms with E-state index in [1.165, 1.54) is 0 Å². The van der Waals surface area contributed by atoms with E-state index in [4.69, 9.17) is 25.7 Å². The van der Waals surface area contributed by atoms with Gasteiger partial charge in [0.1, 0.15) is 18.2 Å². The number of carbonyl (C=O) groups is 2. The van der Waals surface area contributed by atoms with Crippen molar-refractivity contribution < 1.29 is 24.2 Å². The number of benzene rings is 2. The monoisotopic (exact) mass is 371 g/mol. The van der Waals surface area contributed by atoms with E-state index in [0.29, 0.717) is 17.9 Å². The minimum atomic E-state index is -1.04. The van der Waals surface area contributed by atoms with Crippen molar-refractivity contribution in [2.24, 2.45) is 5.73 Å². The number of rotatable bonds is 10. The highest BCUT2D eigenvalue weighted by Gasteiger charge is 2.04. The van der Waals surface area contributed by atoms with Gasteiger partial charge in [-0.1, -0.05) is 36.4 Å². The Bertz CT molecular complexity index is 788. The van der Waals surface area contributed by atoms with Crippen LogP contribution in [0.2, 0.25) is 0 Å². The summed E-state index contributed by atoms with van der Waals surface area (Å²) in [6.45, 7) is 0.131. The average molecular weight is 371 g/mol. The maximum atomic E-state index is 11.8. The molecule has 2 rings (SSSR count). The Morgan fingerprint density at radius 3 is 2.22 bits per heavy atom. The molecule has 0 bridgehead atoms. The summed E-state index contributed by atoms with van der Waals surface area (Å²) in [5, 5.41) is 18.6. The van der Waals surface area contributed by atoms with E-state index in [0.717, 1.165) is 11.1 Å². The fourth-order valence-electron chi connectivity index (χ4n) is 2.14. The van der Waals surface area contributed by atoms with Gasteiger partial charge in [-0.05, 0) is 23.3 Å². The molecule has 0 aliphatic carbocycles. The third-order valence-corrected chi connectivity index (χ3v) is 3.54. The van der Waals surface area contributed by atoms with Crippen molar-refractivity contribution in [3.05, 3.63) is 65.2 Å². The summed E-state index contributed by atoms with van der Waals surface area (Å²) >= 11 is 0. The molecule has 0 unspecified atom stereocenters. The molecule has 142 valence electrons. The van der Waals surface area contributed by atoms with E-state index in [9.17, 15) is 9.59 Å². The van der Waals surface area contributed by atoms with Crippen LogP contribution in [0.1, 0.15) is 16.7 Å². The van der Waals surface area contributed by atoms with Crippen LogP contribution in [0.3, 0.4) is 0 Å². The minimum absolute atomic E-state index is 0.000432. The quantitative estimate of drug-likeness (QED) is 0.367. The van der Waals surface area contributed by atoms with Gasteiger partial charge in [0.2, 0.25) is 5.91 Å². The highest BCUT2D eigenvalue weighted by molar-refractivity contribution is 5.94. The van der Waals surface area contributed by atoms with Crippen molar-refractivity contribution in [3.8, 4) is 5.75 Å².